The van der Waals surface area contributed by atoms with Gasteiger partial charge in [-0.2, -0.15) is 10.5 Å². The first-order valence-corrected chi connectivity index (χ1v) is 11.4. The minimum Gasteiger partial charge on any atom is -0.235 e. The van der Waals surface area contributed by atoms with Crippen LogP contribution in [-0.2, 0) is 0 Å². The fourth-order valence-electron chi connectivity index (χ4n) is 3.33. The lowest BCUT2D eigenvalue weighted by Gasteiger charge is -2.00. The first kappa shape index (κ1) is 19.8. The summed E-state index contributed by atoms with van der Waals surface area (Å²) in [5, 5.41) is 20.8. The first-order valence-electron chi connectivity index (χ1n) is 9.79. The second kappa shape index (κ2) is 8.56. The van der Waals surface area contributed by atoms with Gasteiger partial charge in [-0.15, -0.1) is 22.7 Å². The molecule has 5 aromatic rings. The second-order valence-corrected chi connectivity index (χ2v) is 9.04. The van der Waals surface area contributed by atoms with Crippen LogP contribution in [-0.4, -0.2) is 9.97 Å². The molecule has 0 saturated heterocycles. The number of rotatable bonds is 4. The molecule has 6 heteroatoms. The van der Waals surface area contributed by atoms with Crippen LogP contribution in [0.1, 0.15) is 21.1 Å². The van der Waals surface area contributed by atoms with Crippen LogP contribution in [0.3, 0.4) is 0 Å². The molecule has 0 radical (unpaired) electrons. The SMILES string of the molecule is N#C/C(=C\c1cccc(/C=C(\C#N)c2nc3ccccc3s2)c1)c1nc2ccccc2s1. The maximum Gasteiger partial charge on any atom is 0.135 e. The molecule has 0 amide bonds. The van der Waals surface area contributed by atoms with E-state index in [2.05, 4.69) is 22.1 Å². The maximum atomic E-state index is 9.72. The lowest BCUT2D eigenvalue weighted by Crippen LogP contribution is -1.83. The van der Waals surface area contributed by atoms with Gasteiger partial charge >= 0.3 is 0 Å². The Balaban J connectivity index is 1.50. The maximum absolute atomic E-state index is 9.72. The van der Waals surface area contributed by atoms with Crippen LogP contribution < -0.4 is 0 Å². The molecule has 2 aromatic heterocycles. The van der Waals surface area contributed by atoms with E-state index in [9.17, 15) is 10.5 Å². The molecule has 0 spiro atoms. The zero-order valence-corrected chi connectivity index (χ0v) is 18.3. The zero-order chi connectivity index (χ0) is 21.9. The van der Waals surface area contributed by atoms with Crippen molar-refractivity contribution in [1.29, 1.82) is 10.5 Å². The molecule has 0 unspecified atom stereocenters. The van der Waals surface area contributed by atoms with Gasteiger partial charge in [0.05, 0.1) is 31.6 Å². The summed E-state index contributed by atoms with van der Waals surface area (Å²) in [6.45, 7) is 0. The van der Waals surface area contributed by atoms with E-state index in [1.807, 2.05) is 84.9 Å². The minimum absolute atomic E-state index is 0.513. The van der Waals surface area contributed by atoms with Crippen LogP contribution in [0.25, 0.3) is 43.7 Å². The van der Waals surface area contributed by atoms with Crippen molar-refractivity contribution in [2.24, 2.45) is 0 Å². The molecule has 4 nitrogen and oxygen atoms in total. The molecule has 32 heavy (non-hydrogen) atoms. The summed E-state index contributed by atoms with van der Waals surface area (Å²) >= 11 is 3.01. The van der Waals surface area contributed by atoms with Crippen LogP contribution >= 0.6 is 22.7 Å². The van der Waals surface area contributed by atoms with Gasteiger partial charge in [0.15, 0.2) is 0 Å². The number of allylic oxidation sites excluding steroid dienone is 2. The second-order valence-electron chi connectivity index (χ2n) is 6.98. The van der Waals surface area contributed by atoms with Crippen LogP contribution in [0.15, 0.2) is 72.8 Å². The molecule has 0 saturated carbocycles. The third kappa shape index (κ3) is 3.93. The highest BCUT2D eigenvalue weighted by Crippen LogP contribution is 2.30. The summed E-state index contributed by atoms with van der Waals surface area (Å²) in [6, 6.07) is 28.0. The Morgan fingerprint density at radius 1 is 0.656 bits per heavy atom. The predicted molar refractivity (Wildman–Crippen MR) is 133 cm³/mol. The standard InChI is InChI=1S/C26H14N4S2/c27-15-19(25-29-21-8-1-3-10-23(21)31-25)13-17-6-5-7-18(12-17)14-20(16-28)26-30-22-9-2-4-11-24(22)32-26/h1-14H/b19-13+,20-14+. The van der Waals surface area contributed by atoms with Crippen molar-refractivity contribution in [3.8, 4) is 12.1 Å². The number of fused-ring (bicyclic) bond motifs is 2. The quantitative estimate of drug-likeness (QED) is 0.278. The third-order valence-electron chi connectivity index (χ3n) is 4.82. The summed E-state index contributed by atoms with van der Waals surface area (Å²) in [7, 11) is 0. The van der Waals surface area contributed by atoms with Gasteiger partial charge in [-0.25, -0.2) is 9.97 Å². The number of benzene rings is 3. The van der Waals surface area contributed by atoms with Crippen molar-refractivity contribution in [1.82, 2.24) is 9.97 Å². The Hall–Kier alpha value is -4.10. The molecule has 0 aliphatic carbocycles. The Bertz CT molecular complexity index is 1420. The third-order valence-corrected chi connectivity index (χ3v) is 6.96. The smallest absolute Gasteiger partial charge is 0.135 e. The lowest BCUT2D eigenvalue weighted by molar-refractivity contribution is 1.43. The van der Waals surface area contributed by atoms with E-state index in [4.69, 9.17) is 0 Å². The largest absolute Gasteiger partial charge is 0.235 e. The van der Waals surface area contributed by atoms with Crippen molar-refractivity contribution in [2.75, 3.05) is 0 Å². The normalized spacial score (nSPS) is 12.1. The molecular weight excluding hydrogens is 432 g/mol. The molecule has 5 rings (SSSR count). The topological polar surface area (TPSA) is 73.4 Å². The molecule has 0 aliphatic heterocycles. The van der Waals surface area contributed by atoms with Gasteiger partial charge in [-0.05, 0) is 53.6 Å². The van der Waals surface area contributed by atoms with Gasteiger partial charge in [-0.3, -0.25) is 0 Å². The van der Waals surface area contributed by atoms with Gasteiger partial charge in [-0.1, -0.05) is 42.5 Å². The summed E-state index contributed by atoms with van der Waals surface area (Å²) < 4.78 is 2.10. The van der Waals surface area contributed by atoms with E-state index in [0.717, 1.165) is 31.6 Å². The molecule has 2 heterocycles. The van der Waals surface area contributed by atoms with E-state index in [1.54, 1.807) is 0 Å². The summed E-state index contributed by atoms with van der Waals surface area (Å²) in [5.74, 6) is 0. The number of hydrogen-bond donors (Lipinski definition) is 0. The summed E-state index contributed by atoms with van der Waals surface area (Å²) in [4.78, 5) is 9.18. The van der Waals surface area contributed by atoms with Gasteiger partial charge in [0.2, 0.25) is 0 Å². The number of hydrogen-bond acceptors (Lipinski definition) is 6. The highest BCUT2D eigenvalue weighted by Gasteiger charge is 2.10. The Labute approximate surface area is 192 Å². The average molecular weight is 447 g/mol. The highest BCUT2D eigenvalue weighted by atomic mass is 32.1. The van der Waals surface area contributed by atoms with Crippen molar-refractivity contribution in [3.05, 3.63) is 93.9 Å². The lowest BCUT2D eigenvalue weighted by atomic mass is 10.1. The Morgan fingerprint density at radius 3 is 1.56 bits per heavy atom. The summed E-state index contributed by atoms with van der Waals surface area (Å²) in [5.41, 5.74) is 4.55. The number of nitriles is 2. The van der Waals surface area contributed by atoms with Crippen LogP contribution in [0, 0.1) is 22.7 Å². The van der Waals surface area contributed by atoms with Crippen molar-refractivity contribution < 1.29 is 0 Å². The van der Waals surface area contributed by atoms with Gasteiger partial charge in [0.1, 0.15) is 22.2 Å². The van der Waals surface area contributed by atoms with E-state index in [0.29, 0.717) is 21.2 Å². The molecular formula is C26H14N4S2. The molecule has 0 bridgehead atoms. The number of thiazole rings is 2. The van der Waals surface area contributed by atoms with Gasteiger partial charge in [0, 0.05) is 0 Å². The molecule has 0 fully saturated rings. The number of nitrogens with zero attached hydrogens (tertiary/aromatic N) is 4. The minimum atomic E-state index is 0.513. The van der Waals surface area contributed by atoms with Crippen LogP contribution in [0.5, 0.6) is 0 Å². The van der Waals surface area contributed by atoms with Gasteiger partial charge in [0.25, 0.3) is 0 Å². The fraction of sp³-hybridized carbons (Fsp3) is 0. The van der Waals surface area contributed by atoms with E-state index in [1.165, 1.54) is 22.7 Å². The molecule has 0 N–H and O–H groups in total. The summed E-state index contributed by atoms with van der Waals surface area (Å²) in [6.07, 6.45) is 3.66. The fourth-order valence-corrected chi connectivity index (χ4v) is 5.19. The zero-order valence-electron chi connectivity index (χ0n) is 16.7. The van der Waals surface area contributed by atoms with E-state index in [-0.39, 0.29) is 0 Å². The van der Waals surface area contributed by atoms with Crippen molar-refractivity contribution in [3.63, 3.8) is 0 Å². The number of aromatic nitrogens is 2. The Kier molecular flexibility index (Phi) is 5.31. The van der Waals surface area contributed by atoms with E-state index < -0.39 is 0 Å². The van der Waals surface area contributed by atoms with Crippen LogP contribution in [0.4, 0.5) is 0 Å². The average Bonchev–Trinajstić information content (AvgIpc) is 3.45. The van der Waals surface area contributed by atoms with E-state index >= 15 is 0 Å². The van der Waals surface area contributed by atoms with Gasteiger partial charge < -0.3 is 0 Å². The molecule has 3 aromatic carbocycles. The van der Waals surface area contributed by atoms with Crippen molar-refractivity contribution in [2.45, 2.75) is 0 Å². The number of para-hydroxylation sites is 2. The monoisotopic (exact) mass is 446 g/mol. The molecule has 0 aliphatic rings. The predicted octanol–water partition coefficient (Wildman–Crippen LogP) is 7.03. The Morgan fingerprint density at radius 2 is 1.12 bits per heavy atom. The van der Waals surface area contributed by atoms with Crippen LogP contribution in [0.2, 0.25) is 0 Å². The van der Waals surface area contributed by atoms with Crippen molar-refractivity contribution >= 4 is 66.4 Å². The molecule has 150 valence electrons. The highest BCUT2D eigenvalue weighted by molar-refractivity contribution is 7.20. The molecule has 0 atom stereocenters. The first-order chi connectivity index (χ1) is 15.7.